The lowest BCUT2D eigenvalue weighted by atomic mass is 9.98. The van der Waals surface area contributed by atoms with Crippen LogP contribution in [0, 0.1) is 6.92 Å². The third-order valence-electron chi connectivity index (χ3n) is 4.07. The molecular formula is C17H21N3. The second-order valence-corrected chi connectivity index (χ2v) is 5.60. The molecule has 0 spiro atoms. The minimum absolute atomic E-state index is 0.438. The van der Waals surface area contributed by atoms with Crippen LogP contribution in [0.3, 0.4) is 0 Å². The van der Waals surface area contributed by atoms with Gasteiger partial charge in [0.1, 0.15) is 6.33 Å². The van der Waals surface area contributed by atoms with Gasteiger partial charge in [0.15, 0.2) is 0 Å². The van der Waals surface area contributed by atoms with Gasteiger partial charge in [-0.25, -0.2) is 9.97 Å². The van der Waals surface area contributed by atoms with Crippen LogP contribution in [0.4, 0.5) is 0 Å². The van der Waals surface area contributed by atoms with Gasteiger partial charge >= 0.3 is 0 Å². The molecule has 2 heterocycles. The fraction of sp³-hybridized carbons (Fsp3) is 0.412. The molecule has 0 aliphatic carbocycles. The molecule has 0 bridgehead atoms. The van der Waals surface area contributed by atoms with Gasteiger partial charge in [-0.15, -0.1) is 0 Å². The first-order chi connectivity index (χ1) is 9.83. The predicted molar refractivity (Wildman–Crippen MR) is 80.2 cm³/mol. The number of hydrogen-bond acceptors (Lipinski definition) is 3. The Morgan fingerprint density at radius 1 is 1.15 bits per heavy atom. The van der Waals surface area contributed by atoms with Crippen LogP contribution in [-0.2, 0) is 6.54 Å². The van der Waals surface area contributed by atoms with E-state index in [0.29, 0.717) is 6.04 Å². The highest BCUT2D eigenvalue weighted by Crippen LogP contribution is 2.30. The molecule has 1 aliphatic heterocycles. The van der Waals surface area contributed by atoms with E-state index in [4.69, 9.17) is 0 Å². The Morgan fingerprint density at radius 3 is 2.75 bits per heavy atom. The minimum Gasteiger partial charge on any atom is -0.291 e. The van der Waals surface area contributed by atoms with Crippen molar-refractivity contribution in [1.29, 1.82) is 0 Å². The Morgan fingerprint density at radius 2 is 2.00 bits per heavy atom. The molecule has 20 heavy (non-hydrogen) atoms. The molecule has 3 heteroatoms. The van der Waals surface area contributed by atoms with Crippen molar-refractivity contribution >= 4 is 0 Å². The topological polar surface area (TPSA) is 29.0 Å². The Kier molecular flexibility index (Phi) is 4.07. The SMILES string of the molecule is Cc1ccc(CN2CCCCC2c2ccncn2)cc1. The summed E-state index contributed by atoms with van der Waals surface area (Å²) in [5.41, 5.74) is 3.86. The fourth-order valence-corrected chi connectivity index (χ4v) is 2.94. The van der Waals surface area contributed by atoms with Gasteiger partial charge in [-0.3, -0.25) is 4.90 Å². The van der Waals surface area contributed by atoms with E-state index in [1.54, 1.807) is 6.33 Å². The number of likely N-dealkylation sites (tertiary alicyclic amines) is 1. The number of nitrogens with zero attached hydrogens (tertiary/aromatic N) is 3. The highest BCUT2D eigenvalue weighted by atomic mass is 15.2. The summed E-state index contributed by atoms with van der Waals surface area (Å²) in [7, 11) is 0. The van der Waals surface area contributed by atoms with Crippen LogP contribution in [-0.4, -0.2) is 21.4 Å². The molecule has 1 aromatic heterocycles. The van der Waals surface area contributed by atoms with Gasteiger partial charge in [-0.05, 0) is 37.9 Å². The van der Waals surface area contributed by atoms with E-state index in [9.17, 15) is 0 Å². The van der Waals surface area contributed by atoms with Crippen molar-refractivity contribution < 1.29 is 0 Å². The molecule has 104 valence electrons. The quantitative estimate of drug-likeness (QED) is 0.852. The molecule has 3 rings (SSSR count). The zero-order chi connectivity index (χ0) is 13.8. The third-order valence-corrected chi connectivity index (χ3v) is 4.07. The van der Waals surface area contributed by atoms with Gasteiger partial charge in [0, 0.05) is 12.7 Å². The Hall–Kier alpha value is -1.74. The lowest BCUT2D eigenvalue weighted by Crippen LogP contribution is -2.33. The van der Waals surface area contributed by atoms with Crippen LogP contribution in [0.5, 0.6) is 0 Å². The molecule has 2 aromatic rings. The monoisotopic (exact) mass is 267 g/mol. The summed E-state index contributed by atoms with van der Waals surface area (Å²) < 4.78 is 0. The van der Waals surface area contributed by atoms with Crippen LogP contribution >= 0.6 is 0 Å². The number of benzene rings is 1. The van der Waals surface area contributed by atoms with Crippen molar-refractivity contribution in [3.8, 4) is 0 Å². The summed E-state index contributed by atoms with van der Waals surface area (Å²) in [5, 5.41) is 0. The lowest BCUT2D eigenvalue weighted by Gasteiger charge is -2.35. The van der Waals surface area contributed by atoms with Crippen molar-refractivity contribution in [3.63, 3.8) is 0 Å². The first-order valence-electron chi connectivity index (χ1n) is 7.38. The largest absolute Gasteiger partial charge is 0.291 e. The summed E-state index contributed by atoms with van der Waals surface area (Å²) in [6.07, 6.45) is 7.28. The summed E-state index contributed by atoms with van der Waals surface area (Å²) >= 11 is 0. The number of rotatable bonds is 3. The smallest absolute Gasteiger partial charge is 0.115 e. The zero-order valence-electron chi connectivity index (χ0n) is 12.0. The van der Waals surface area contributed by atoms with Gasteiger partial charge in [0.2, 0.25) is 0 Å². The first-order valence-corrected chi connectivity index (χ1v) is 7.38. The Labute approximate surface area is 120 Å². The lowest BCUT2D eigenvalue weighted by molar-refractivity contribution is 0.137. The second kappa shape index (κ2) is 6.14. The van der Waals surface area contributed by atoms with Crippen molar-refractivity contribution in [2.75, 3.05) is 6.54 Å². The van der Waals surface area contributed by atoms with Crippen LogP contribution < -0.4 is 0 Å². The van der Waals surface area contributed by atoms with Crippen molar-refractivity contribution in [3.05, 3.63) is 59.7 Å². The maximum Gasteiger partial charge on any atom is 0.115 e. The van der Waals surface area contributed by atoms with Gasteiger partial charge < -0.3 is 0 Å². The maximum absolute atomic E-state index is 4.46. The molecule has 1 aromatic carbocycles. The van der Waals surface area contributed by atoms with E-state index in [1.807, 2.05) is 6.20 Å². The van der Waals surface area contributed by atoms with E-state index < -0.39 is 0 Å². The van der Waals surface area contributed by atoms with E-state index in [1.165, 1.54) is 30.4 Å². The summed E-state index contributed by atoms with van der Waals surface area (Å²) in [6.45, 7) is 4.30. The van der Waals surface area contributed by atoms with E-state index >= 15 is 0 Å². The average Bonchev–Trinajstić information content (AvgIpc) is 2.51. The molecule has 3 nitrogen and oxygen atoms in total. The fourth-order valence-electron chi connectivity index (χ4n) is 2.94. The summed E-state index contributed by atoms with van der Waals surface area (Å²) in [6, 6.07) is 11.4. The molecule has 1 unspecified atom stereocenters. The van der Waals surface area contributed by atoms with Gasteiger partial charge in [-0.2, -0.15) is 0 Å². The van der Waals surface area contributed by atoms with Crippen LogP contribution in [0.1, 0.15) is 42.1 Å². The first kappa shape index (κ1) is 13.3. The molecule has 1 fully saturated rings. The Balaban J connectivity index is 1.77. The van der Waals surface area contributed by atoms with Crippen LogP contribution in [0.15, 0.2) is 42.9 Å². The van der Waals surface area contributed by atoms with Crippen molar-refractivity contribution in [1.82, 2.24) is 14.9 Å². The second-order valence-electron chi connectivity index (χ2n) is 5.60. The molecular weight excluding hydrogens is 246 g/mol. The van der Waals surface area contributed by atoms with Gasteiger partial charge in [0.05, 0.1) is 11.7 Å². The standard InChI is InChI=1S/C17H21N3/c1-14-5-7-15(8-6-14)12-20-11-3-2-4-17(20)16-9-10-18-13-19-16/h5-10,13,17H,2-4,11-12H2,1H3. The number of hydrogen-bond donors (Lipinski definition) is 0. The molecule has 1 aliphatic rings. The van der Waals surface area contributed by atoms with Crippen molar-refractivity contribution in [2.24, 2.45) is 0 Å². The van der Waals surface area contributed by atoms with Gasteiger partial charge in [-0.1, -0.05) is 36.2 Å². The van der Waals surface area contributed by atoms with E-state index in [0.717, 1.165) is 18.8 Å². The molecule has 0 saturated carbocycles. The molecule has 0 N–H and O–H groups in total. The number of aromatic nitrogens is 2. The van der Waals surface area contributed by atoms with Crippen molar-refractivity contribution in [2.45, 2.75) is 38.8 Å². The van der Waals surface area contributed by atoms with E-state index in [2.05, 4.69) is 52.1 Å². The Bertz CT molecular complexity index is 536. The predicted octanol–water partition coefficient (Wildman–Crippen LogP) is 3.51. The zero-order valence-corrected chi connectivity index (χ0v) is 12.0. The average molecular weight is 267 g/mol. The highest BCUT2D eigenvalue weighted by Gasteiger charge is 2.24. The van der Waals surface area contributed by atoms with Gasteiger partial charge in [0.25, 0.3) is 0 Å². The summed E-state index contributed by atoms with van der Waals surface area (Å²) in [5.74, 6) is 0. The van der Waals surface area contributed by atoms with E-state index in [-0.39, 0.29) is 0 Å². The maximum atomic E-state index is 4.46. The molecule has 1 atom stereocenters. The molecule has 0 amide bonds. The normalized spacial score (nSPS) is 19.9. The molecule has 0 radical (unpaired) electrons. The molecule has 1 saturated heterocycles. The highest BCUT2D eigenvalue weighted by molar-refractivity contribution is 5.21. The minimum atomic E-state index is 0.438. The summed E-state index contributed by atoms with van der Waals surface area (Å²) in [4.78, 5) is 11.0. The van der Waals surface area contributed by atoms with Crippen LogP contribution in [0.25, 0.3) is 0 Å². The van der Waals surface area contributed by atoms with Crippen LogP contribution in [0.2, 0.25) is 0 Å². The third kappa shape index (κ3) is 3.05. The number of piperidine rings is 1. The number of aryl methyl sites for hydroxylation is 1.